The molecule has 3 N–H and O–H groups in total. The molecule has 0 amide bonds. The Kier molecular flexibility index (Phi) is 4.35. The van der Waals surface area contributed by atoms with Gasteiger partial charge in [-0.2, -0.15) is 5.26 Å². The summed E-state index contributed by atoms with van der Waals surface area (Å²) in [5, 5.41) is 12.1. The Labute approximate surface area is 94.1 Å². The lowest BCUT2D eigenvalue weighted by Crippen LogP contribution is -2.28. The molecule has 1 rings (SSSR count). The third-order valence-electron chi connectivity index (χ3n) is 2.07. The molecule has 0 aliphatic heterocycles. The van der Waals surface area contributed by atoms with Crippen LogP contribution in [0.3, 0.4) is 0 Å². The van der Waals surface area contributed by atoms with E-state index in [1.807, 2.05) is 13.0 Å². The van der Waals surface area contributed by atoms with Crippen molar-refractivity contribution in [3.05, 3.63) is 22.8 Å². The van der Waals surface area contributed by atoms with Crippen LogP contribution in [-0.2, 0) is 0 Å². The summed E-state index contributed by atoms with van der Waals surface area (Å²) in [6.07, 6.45) is 2.42. The normalized spacial score (nSPS) is 11.9. The minimum Gasteiger partial charge on any atom is -0.367 e. The van der Waals surface area contributed by atoms with E-state index in [-0.39, 0.29) is 6.04 Å². The van der Waals surface area contributed by atoms with Crippen LogP contribution in [0.15, 0.2) is 12.3 Å². The Hall–Kier alpha value is -1.31. The zero-order valence-corrected chi connectivity index (χ0v) is 9.25. The van der Waals surface area contributed by atoms with E-state index >= 15 is 0 Å². The average molecular weight is 225 g/mol. The van der Waals surface area contributed by atoms with Gasteiger partial charge < -0.3 is 11.1 Å². The van der Waals surface area contributed by atoms with Crippen LogP contribution in [0, 0.1) is 11.3 Å². The number of nitrogens with zero attached hydrogens (tertiary/aromatic N) is 2. The lowest BCUT2D eigenvalue weighted by atomic mass is 10.2. The molecule has 80 valence electrons. The van der Waals surface area contributed by atoms with Crippen molar-refractivity contribution in [3.63, 3.8) is 0 Å². The van der Waals surface area contributed by atoms with E-state index in [0.29, 0.717) is 22.9 Å². The van der Waals surface area contributed by atoms with Crippen molar-refractivity contribution in [1.82, 2.24) is 4.98 Å². The number of nitrogens with two attached hydrogens (primary N) is 1. The summed E-state index contributed by atoms with van der Waals surface area (Å²) in [5.41, 5.74) is 6.16. The van der Waals surface area contributed by atoms with Crippen LogP contribution >= 0.6 is 11.6 Å². The summed E-state index contributed by atoms with van der Waals surface area (Å²) >= 11 is 5.95. The number of nitriles is 1. The molecule has 0 aliphatic rings. The molecule has 4 nitrogen and oxygen atoms in total. The van der Waals surface area contributed by atoms with Gasteiger partial charge in [-0.15, -0.1) is 0 Å². The summed E-state index contributed by atoms with van der Waals surface area (Å²) in [7, 11) is 0. The van der Waals surface area contributed by atoms with Gasteiger partial charge in [-0.05, 0) is 12.5 Å². The quantitative estimate of drug-likeness (QED) is 0.817. The zero-order valence-electron chi connectivity index (χ0n) is 8.50. The number of rotatable bonds is 4. The van der Waals surface area contributed by atoms with E-state index in [0.717, 1.165) is 6.42 Å². The lowest BCUT2D eigenvalue weighted by Gasteiger charge is -2.11. The maximum absolute atomic E-state index is 8.75. The largest absolute Gasteiger partial charge is 0.367 e. The first-order valence-electron chi connectivity index (χ1n) is 4.73. The van der Waals surface area contributed by atoms with Gasteiger partial charge in [0.05, 0.1) is 5.56 Å². The smallest absolute Gasteiger partial charge is 0.146 e. The van der Waals surface area contributed by atoms with Gasteiger partial charge >= 0.3 is 0 Å². The van der Waals surface area contributed by atoms with Crippen molar-refractivity contribution in [2.45, 2.75) is 19.4 Å². The predicted molar refractivity (Wildman–Crippen MR) is 60.7 cm³/mol. The van der Waals surface area contributed by atoms with E-state index in [9.17, 15) is 0 Å². The molecular formula is C10H13ClN4. The number of nitrogens with one attached hydrogen (secondary N) is 1. The summed E-state index contributed by atoms with van der Waals surface area (Å²) in [4.78, 5) is 4.04. The van der Waals surface area contributed by atoms with Crippen LogP contribution in [0.2, 0.25) is 5.02 Å². The first-order valence-corrected chi connectivity index (χ1v) is 5.10. The third-order valence-corrected chi connectivity index (χ3v) is 2.45. The average Bonchev–Trinajstić information content (AvgIpc) is 2.27. The van der Waals surface area contributed by atoms with Crippen LogP contribution in [-0.4, -0.2) is 17.6 Å². The first kappa shape index (κ1) is 11.8. The number of hydrogen-bond acceptors (Lipinski definition) is 4. The zero-order chi connectivity index (χ0) is 11.3. The van der Waals surface area contributed by atoms with Crippen molar-refractivity contribution in [2.24, 2.45) is 5.73 Å². The van der Waals surface area contributed by atoms with Crippen LogP contribution in [0.4, 0.5) is 5.82 Å². The minimum absolute atomic E-state index is 0.0635. The van der Waals surface area contributed by atoms with Gasteiger partial charge in [0.25, 0.3) is 0 Å². The van der Waals surface area contributed by atoms with Crippen LogP contribution in [0.5, 0.6) is 0 Å². The molecular weight excluding hydrogens is 212 g/mol. The molecule has 1 heterocycles. The van der Waals surface area contributed by atoms with E-state index in [2.05, 4.69) is 10.3 Å². The van der Waals surface area contributed by atoms with E-state index in [1.54, 1.807) is 12.3 Å². The monoisotopic (exact) mass is 224 g/mol. The molecule has 1 unspecified atom stereocenters. The van der Waals surface area contributed by atoms with Crippen LogP contribution in [0.25, 0.3) is 0 Å². The molecule has 5 heteroatoms. The highest BCUT2D eigenvalue weighted by Gasteiger charge is 2.07. The van der Waals surface area contributed by atoms with E-state index in [4.69, 9.17) is 22.6 Å². The summed E-state index contributed by atoms with van der Waals surface area (Å²) in [6.45, 7) is 2.60. The Morgan fingerprint density at radius 3 is 3.07 bits per heavy atom. The van der Waals surface area contributed by atoms with Crippen molar-refractivity contribution in [3.8, 4) is 6.07 Å². The van der Waals surface area contributed by atoms with Crippen molar-refractivity contribution < 1.29 is 0 Å². The number of halogens is 1. The molecule has 0 bridgehead atoms. The molecule has 0 spiro atoms. The van der Waals surface area contributed by atoms with Gasteiger partial charge in [-0.3, -0.25) is 0 Å². The van der Waals surface area contributed by atoms with Gasteiger partial charge in [0.15, 0.2) is 0 Å². The second-order valence-corrected chi connectivity index (χ2v) is 3.56. The fourth-order valence-corrected chi connectivity index (χ4v) is 1.25. The molecule has 0 saturated heterocycles. The van der Waals surface area contributed by atoms with Crippen molar-refractivity contribution in [1.29, 1.82) is 5.26 Å². The van der Waals surface area contributed by atoms with Gasteiger partial charge in [-0.1, -0.05) is 18.5 Å². The Morgan fingerprint density at radius 2 is 2.47 bits per heavy atom. The van der Waals surface area contributed by atoms with Gasteiger partial charge in [0.1, 0.15) is 16.9 Å². The number of hydrogen-bond donors (Lipinski definition) is 2. The van der Waals surface area contributed by atoms with Crippen LogP contribution < -0.4 is 11.1 Å². The fourth-order valence-electron chi connectivity index (χ4n) is 1.03. The Balaban J connectivity index is 2.74. The first-order chi connectivity index (χ1) is 7.19. The summed E-state index contributed by atoms with van der Waals surface area (Å²) in [5.74, 6) is 0.514. The highest BCUT2D eigenvalue weighted by Crippen LogP contribution is 2.22. The fraction of sp³-hybridized carbons (Fsp3) is 0.400. The number of anilines is 1. The van der Waals surface area contributed by atoms with Gasteiger partial charge in [-0.25, -0.2) is 4.98 Å². The second-order valence-electron chi connectivity index (χ2n) is 3.18. The molecule has 15 heavy (non-hydrogen) atoms. The molecule has 1 atom stereocenters. The molecule has 1 aromatic rings. The number of aromatic nitrogens is 1. The molecule has 0 fully saturated rings. The molecule has 0 saturated carbocycles. The predicted octanol–water partition coefficient (Wildman–Crippen LogP) is 1.76. The minimum atomic E-state index is 0.0635. The van der Waals surface area contributed by atoms with Crippen LogP contribution in [0.1, 0.15) is 18.9 Å². The maximum atomic E-state index is 8.75. The standard InChI is InChI=1S/C10H13ClN4/c1-2-8(13)6-15-10-9(11)7(5-12)3-4-14-10/h3-4,8H,2,6,13H2,1H3,(H,14,15). The number of pyridine rings is 1. The topological polar surface area (TPSA) is 74.7 Å². The maximum Gasteiger partial charge on any atom is 0.146 e. The Bertz CT molecular complexity index is 372. The third kappa shape index (κ3) is 3.08. The molecule has 0 aromatic carbocycles. The van der Waals surface area contributed by atoms with E-state index < -0.39 is 0 Å². The molecule has 1 aromatic heterocycles. The summed E-state index contributed by atoms with van der Waals surface area (Å²) in [6, 6.07) is 3.63. The van der Waals surface area contributed by atoms with E-state index in [1.165, 1.54) is 0 Å². The van der Waals surface area contributed by atoms with Gasteiger partial charge in [0.2, 0.25) is 0 Å². The van der Waals surface area contributed by atoms with Gasteiger partial charge in [0, 0.05) is 18.8 Å². The molecule has 0 aliphatic carbocycles. The SMILES string of the molecule is CCC(N)CNc1nccc(C#N)c1Cl. The lowest BCUT2D eigenvalue weighted by molar-refractivity contribution is 0.678. The second kappa shape index (κ2) is 5.54. The highest BCUT2D eigenvalue weighted by molar-refractivity contribution is 6.34. The molecule has 0 radical (unpaired) electrons. The highest BCUT2D eigenvalue weighted by atomic mass is 35.5. The van der Waals surface area contributed by atoms with Crippen molar-refractivity contribution >= 4 is 17.4 Å². The summed E-state index contributed by atoms with van der Waals surface area (Å²) < 4.78 is 0. The Morgan fingerprint density at radius 1 is 1.73 bits per heavy atom. The van der Waals surface area contributed by atoms with Crippen molar-refractivity contribution in [2.75, 3.05) is 11.9 Å².